The Labute approximate surface area is 194 Å². The van der Waals surface area contributed by atoms with Gasteiger partial charge in [-0.05, 0) is 35.7 Å². The predicted molar refractivity (Wildman–Crippen MR) is 123 cm³/mol. The number of hydrogen-bond donors (Lipinski definition) is 1. The van der Waals surface area contributed by atoms with E-state index in [4.69, 9.17) is 9.47 Å². The normalized spacial score (nSPS) is 11.6. The quantitative estimate of drug-likeness (QED) is 0.198. The summed E-state index contributed by atoms with van der Waals surface area (Å²) >= 11 is 0. The SMILES string of the molecule is C=C(OCC)/C(F)=C(/F)C(=C)OCc1ccc(-c2ccc(-c3ccc(O)cc3)c(F)c2F)cc1. The Morgan fingerprint density at radius 1 is 0.735 bits per heavy atom. The fourth-order valence-corrected chi connectivity index (χ4v) is 3.13. The van der Waals surface area contributed by atoms with Crippen LogP contribution in [-0.2, 0) is 16.1 Å². The van der Waals surface area contributed by atoms with Crippen molar-refractivity contribution in [3.63, 3.8) is 0 Å². The highest BCUT2D eigenvalue weighted by Crippen LogP contribution is 2.32. The third kappa shape index (κ3) is 5.49. The van der Waals surface area contributed by atoms with Gasteiger partial charge in [0.2, 0.25) is 11.7 Å². The molecule has 0 aliphatic carbocycles. The van der Waals surface area contributed by atoms with Gasteiger partial charge < -0.3 is 14.6 Å². The second-order valence-electron chi connectivity index (χ2n) is 7.23. The van der Waals surface area contributed by atoms with Crippen LogP contribution in [0.5, 0.6) is 5.75 Å². The van der Waals surface area contributed by atoms with Crippen molar-refractivity contribution < 1.29 is 32.1 Å². The van der Waals surface area contributed by atoms with Crippen molar-refractivity contribution in [2.45, 2.75) is 13.5 Å². The molecule has 0 saturated heterocycles. The first-order chi connectivity index (χ1) is 16.2. The molecule has 3 rings (SSSR count). The lowest BCUT2D eigenvalue weighted by atomic mass is 9.98. The van der Waals surface area contributed by atoms with E-state index >= 15 is 0 Å². The standard InChI is InChI=1S/C27H22F4O3/c1-4-33-16(2)24(28)25(29)17(3)34-15-18-5-7-19(8-6-18)22-13-14-23(27(31)26(22)30)20-9-11-21(32)12-10-20/h5-14,32H,2-4,15H2,1H3/b25-24-. The van der Waals surface area contributed by atoms with Crippen molar-refractivity contribution in [2.75, 3.05) is 6.61 Å². The molecular weight excluding hydrogens is 448 g/mol. The number of benzene rings is 3. The van der Waals surface area contributed by atoms with Gasteiger partial charge >= 0.3 is 0 Å². The maximum Gasteiger partial charge on any atom is 0.203 e. The minimum atomic E-state index is -1.32. The summed E-state index contributed by atoms with van der Waals surface area (Å²) in [5.74, 6) is -5.60. The average Bonchev–Trinajstić information content (AvgIpc) is 2.84. The summed E-state index contributed by atoms with van der Waals surface area (Å²) in [6.07, 6.45) is 0. The lowest BCUT2D eigenvalue weighted by molar-refractivity contribution is 0.189. The highest BCUT2D eigenvalue weighted by molar-refractivity contribution is 5.72. The Morgan fingerprint density at radius 2 is 1.18 bits per heavy atom. The zero-order chi connectivity index (χ0) is 24.8. The summed E-state index contributed by atoms with van der Waals surface area (Å²) in [4.78, 5) is 0. The van der Waals surface area contributed by atoms with E-state index in [0.29, 0.717) is 16.7 Å². The van der Waals surface area contributed by atoms with Crippen molar-refractivity contribution >= 4 is 0 Å². The van der Waals surface area contributed by atoms with Crippen LogP contribution in [0.1, 0.15) is 12.5 Å². The number of phenols is 1. The number of allylic oxidation sites excluding steroid dienone is 2. The van der Waals surface area contributed by atoms with Crippen molar-refractivity contribution in [2.24, 2.45) is 0 Å². The van der Waals surface area contributed by atoms with Gasteiger partial charge in [0.25, 0.3) is 0 Å². The molecule has 0 aromatic heterocycles. The molecule has 0 aliphatic rings. The molecule has 3 aromatic rings. The highest BCUT2D eigenvalue weighted by atomic mass is 19.2. The summed E-state index contributed by atoms with van der Waals surface area (Å²) in [6.45, 7) is 8.25. The summed E-state index contributed by atoms with van der Waals surface area (Å²) in [5, 5.41) is 9.38. The fourth-order valence-electron chi connectivity index (χ4n) is 3.13. The topological polar surface area (TPSA) is 38.7 Å². The van der Waals surface area contributed by atoms with Crippen LogP contribution in [0, 0.1) is 11.6 Å². The Morgan fingerprint density at radius 3 is 1.65 bits per heavy atom. The summed E-state index contributed by atoms with van der Waals surface area (Å²) < 4.78 is 67.4. The van der Waals surface area contributed by atoms with Crippen LogP contribution < -0.4 is 0 Å². The number of aromatic hydroxyl groups is 1. The van der Waals surface area contributed by atoms with Gasteiger partial charge in [0.05, 0.1) is 6.61 Å². The van der Waals surface area contributed by atoms with Gasteiger partial charge in [0, 0.05) is 11.1 Å². The molecule has 0 atom stereocenters. The third-order valence-corrected chi connectivity index (χ3v) is 4.94. The molecule has 7 heteroatoms. The maximum atomic E-state index is 14.8. The van der Waals surface area contributed by atoms with Gasteiger partial charge in [-0.15, -0.1) is 0 Å². The number of phenolic OH excluding ortho intramolecular Hbond substituents is 1. The minimum absolute atomic E-state index is 0.0220. The van der Waals surface area contributed by atoms with E-state index in [2.05, 4.69) is 13.2 Å². The van der Waals surface area contributed by atoms with Gasteiger partial charge in [0.1, 0.15) is 12.4 Å². The first-order valence-corrected chi connectivity index (χ1v) is 10.3. The summed E-state index contributed by atoms with van der Waals surface area (Å²) in [7, 11) is 0. The molecule has 0 saturated carbocycles. The van der Waals surface area contributed by atoms with E-state index in [1.54, 1.807) is 31.2 Å². The van der Waals surface area contributed by atoms with E-state index in [0.717, 1.165) is 0 Å². The third-order valence-electron chi connectivity index (χ3n) is 4.94. The molecule has 1 N–H and O–H groups in total. The zero-order valence-corrected chi connectivity index (χ0v) is 18.4. The molecule has 0 amide bonds. The molecule has 3 nitrogen and oxygen atoms in total. The van der Waals surface area contributed by atoms with E-state index < -0.39 is 34.8 Å². The molecule has 0 spiro atoms. The smallest absolute Gasteiger partial charge is 0.203 e. The van der Waals surface area contributed by atoms with Gasteiger partial charge in [-0.1, -0.05) is 61.7 Å². The second kappa shape index (κ2) is 10.7. The van der Waals surface area contributed by atoms with Crippen LogP contribution in [-0.4, -0.2) is 11.7 Å². The van der Waals surface area contributed by atoms with E-state index in [-0.39, 0.29) is 30.1 Å². The van der Waals surface area contributed by atoms with Gasteiger partial charge in [-0.2, -0.15) is 8.78 Å². The highest BCUT2D eigenvalue weighted by Gasteiger charge is 2.17. The number of hydrogen-bond acceptors (Lipinski definition) is 3. The van der Waals surface area contributed by atoms with E-state index in [1.807, 2.05) is 0 Å². The van der Waals surface area contributed by atoms with Crippen LogP contribution in [0.4, 0.5) is 17.6 Å². The van der Waals surface area contributed by atoms with Crippen LogP contribution >= 0.6 is 0 Å². The number of rotatable bonds is 9. The van der Waals surface area contributed by atoms with Crippen molar-refractivity contribution in [1.29, 1.82) is 0 Å². The predicted octanol–water partition coefficient (Wildman–Crippen LogP) is 7.74. The van der Waals surface area contributed by atoms with E-state index in [1.165, 1.54) is 36.4 Å². The van der Waals surface area contributed by atoms with Crippen LogP contribution in [0.25, 0.3) is 22.3 Å². The van der Waals surface area contributed by atoms with Crippen LogP contribution in [0.2, 0.25) is 0 Å². The zero-order valence-electron chi connectivity index (χ0n) is 18.4. The molecule has 176 valence electrons. The molecule has 3 aromatic carbocycles. The Kier molecular flexibility index (Phi) is 7.79. The van der Waals surface area contributed by atoms with Gasteiger partial charge in [-0.3, -0.25) is 0 Å². The van der Waals surface area contributed by atoms with Gasteiger partial charge in [-0.25, -0.2) is 8.78 Å². The Bertz CT molecular complexity index is 1230. The summed E-state index contributed by atoms with van der Waals surface area (Å²) in [6, 6.07) is 15.0. The van der Waals surface area contributed by atoms with Gasteiger partial charge in [0.15, 0.2) is 23.2 Å². The van der Waals surface area contributed by atoms with Crippen LogP contribution in [0.15, 0.2) is 97.0 Å². The lowest BCUT2D eigenvalue weighted by Gasteiger charge is -2.11. The second-order valence-corrected chi connectivity index (χ2v) is 7.23. The van der Waals surface area contributed by atoms with E-state index in [9.17, 15) is 22.7 Å². The maximum absolute atomic E-state index is 14.8. The van der Waals surface area contributed by atoms with Crippen molar-refractivity contribution in [3.8, 4) is 28.0 Å². The number of halogens is 4. The molecule has 0 fully saturated rings. The largest absolute Gasteiger partial charge is 0.508 e. The van der Waals surface area contributed by atoms with Crippen LogP contribution in [0.3, 0.4) is 0 Å². The number of ether oxygens (including phenoxy) is 2. The molecule has 0 heterocycles. The molecule has 0 radical (unpaired) electrons. The Balaban J connectivity index is 1.73. The first kappa shape index (κ1) is 24.6. The molecule has 0 aliphatic heterocycles. The average molecular weight is 470 g/mol. The Hall–Kier alpha value is -4.00. The summed E-state index contributed by atoms with van der Waals surface area (Å²) in [5.41, 5.74) is 1.54. The lowest BCUT2D eigenvalue weighted by Crippen LogP contribution is -1.98. The van der Waals surface area contributed by atoms with Crippen molar-refractivity contribution in [3.05, 3.63) is 114 Å². The monoisotopic (exact) mass is 470 g/mol. The minimum Gasteiger partial charge on any atom is -0.508 e. The fraction of sp³-hybridized carbons (Fsp3) is 0.111. The molecule has 0 unspecified atom stereocenters. The first-order valence-electron chi connectivity index (χ1n) is 10.3. The van der Waals surface area contributed by atoms with Crippen molar-refractivity contribution in [1.82, 2.24) is 0 Å². The molecular formula is C27H22F4O3. The molecule has 0 bridgehead atoms. The molecule has 34 heavy (non-hydrogen) atoms.